The molecule has 1 amide bonds. The van der Waals surface area contributed by atoms with E-state index in [-0.39, 0.29) is 54.9 Å². The summed E-state index contributed by atoms with van der Waals surface area (Å²) >= 11 is 0. The normalized spacial score (nSPS) is 12.6. The molecule has 0 saturated heterocycles. The average molecular weight is 528 g/mol. The van der Waals surface area contributed by atoms with E-state index in [4.69, 9.17) is 9.47 Å². The molecule has 0 aromatic heterocycles. The van der Waals surface area contributed by atoms with Crippen LogP contribution in [0.4, 0.5) is 8.78 Å². The van der Waals surface area contributed by atoms with Crippen LogP contribution in [0.15, 0.2) is 17.1 Å². The minimum Gasteiger partial charge on any atom is -0.454 e. The first-order valence-corrected chi connectivity index (χ1v) is 9.08. The van der Waals surface area contributed by atoms with Crippen LogP contribution in [0.1, 0.15) is 26.3 Å². The van der Waals surface area contributed by atoms with Gasteiger partial charge in [0.25, 0.3) is 0 Å². The molecule has 1 aromatic carbocycles. The molecule has 0 bridgehead atoms. The van der Waals surface area contributed by atoms with Gasteiger partial charge in [0.05, 0.1) is 6.54 Å². The molecule has 3 N–H and O–H groups in total. The van der Waals surface area contributed by atoms with Crippen LogP contribution in [0.2, 0.25) is 0 Å². The quantitative estimate of drug-likeness (QED) is 0.198. The van der Waals surface area contributed by atoms with Crippen LogP contribution in [0.25, 0.3) is 0 Å². The van der Waals surface area contributed by atoms with E-state index < -0.39 is 6.61 Å². The molecule has 11 heteroatoms. The van der Waals surface area contributed by atoms with Crippen molar-refractivity contribution < 1.29 is 27.8 Å². The Bertz CT molecular complexity index is 705. The average Bonchev–Trinajstić information content (AvgIpc) is 3.09. The van der Waals surface area contributed by atoms with E-state index in [1.54, 1.807) is 6.07 Å². The predicted molar refractivity (Wildman–Crippen MR) is 115 cm³/mol. The molecule has 164 valence electrons. The number of carbonyl (C=O) groups excluding carboxylic acids is 1. The van der Waals surface area contributed by atoms with Crippen LogP contribution in [0, 0.1) is 5.92 Å². The van der Waals surface area contributed by atoms with Crippen molar-refractivity contribution in [2.45, 2.75) is 33.9 Å². The Balaban J connectivity index is 0.00000420. The second-order valence-electron chi connectivity index (χ2n) is 6.26. The summed E-state index contributed by atoms with van der Waals surface area (Å²) in [5.41, 5.74) is 0.440. The van der Waals surface area contributed by atoms with Gasteiger partial charge in [-0.2, -0.15) is 8.78 Å². The molecule has 0 aliphatic carbocycles. The second kappa shape index (κ2) is 12.5. The molecule has 1 heterocycles. The van der Waals surface area contributed by atoms with Gasteiger partial charge in [-0.1, -0.05) is 13.8 Å². The van der Waals surface area contributed by atoms with Crippen molar-refractivity contribution in [2.24, 2.45) is 10.9 Å². The molecule has 0 fully saturated rings. The van der Waals surface area contributed by atoms with Gasteiger partial charge in [0.1, 0.15) is 5.75 Å². The fourth-order valence-corrected chi connectivity index (χ4v) is 2.37. The summed E-state index contributed by atoms with van der Waals surface area (Å²) < 4.78 is 40.5. The number of nitrogens with one attached hydrogen (secondary N) is 3. The number of guanidine groups is 1. The van der Waals surface area contributed by atoms with E-state index in [0.29, 0.717) is 42.7 Å². The number of benzene rings is 1. The zero-order valence-electron chi connectivity index (χ0n) is 16.6. The number of ether oxygens (including phenoxy) is 3. The second-order valence-corrected chi connectivity index (χ2v) is 6.26. The lowest BCUT2D eigenvalue weighted by Gasteiger charge is -2.14. The summed E-state index contributed by atoms with van der Waals surface area (Å²) in [6.07, 6.45) is 0. The standard InChI is InChI=1S/C18H26F2N4O4.HI/c1-4-21-18(23-6-5-22-16(25)11(2)3)24-9-12-7-14-15(27-10-26-14)8-13(12)28-17(19)20;/h7-8,11,17H,4-6,9-10H2,1-3H3,(H,22,25)(H2,21,23,24);1H. The maximum atomic E-state index is 12.7. The van der Waals surface area contributed by atoms with Gasteiger partial charge in [0.15, 0.2) is 17.5 Å². The van der Waals surface area contributed by atoms with Gasteiger partial charge >= 0.3 is 6.61 Å². The number of carbonyl (C=O) groups is 1. The molecule has 1 aliphatic heterocycles. The van der Waals surface area contributed by atoms with Crippen LogP contribution in [0.3, 0.4) is 0 Å². The van der Waals surface area contributed by atoms with Crippen molar-refractivity contribution in [2.75, 3.05) is 26.4 Å². The molecule has 0 saturated carbocycles. The van der Waals surface area contributed by atoms with Gasteiger partial charge in [0.2, 0.25) is 12.7 Å². The maximum absolute atomic E-state index is 12.7. The van der Waals surface area contributed by atoms with E-state index in [1.165, 1.54) is 6.07 Å². The van der Waals surface area contributed by atoms with E-state index >= 15 is 0 Å². The number of hydrogen-bond acceptors (Lipinski definition) is 5. The van der Waals surface area contributed by atoms with Crippen molar-refractivity contribution in [1.29, 1.82) is 0 Å². The lowest BCUT2D eigenvalue weighted by Crippen LogP contribution is -2.42. The Morgan fingerprint density at radius 3 is 2.45 bits per heavy atom. The molecular weight excluding hydrogens is 501 g/mol. The van der Waals surface area contributed by atoms with Crippen LogP contribution in [0.5, 0.6) is 17.2 Å². The first kappa shape index (κ1) is 25.0. The highest BCUT2D eigenvalue weighted by atomic mass is 127. The van der Waals surface area contributed by atoms with Crippen molar-refractivity contribution in [3.63, 3.8) is 0 Å². The highest BCUT2D eigenvalue weighted by molar-refractivity contribution is 14.0. The molecule has 2 rings (SSSR count). The van der Waals surface area contributed by atoms with Gasteiger partial charge in [-0.05, 0) is 13.0 Å². The summed E-state index contributed by atoms with van der Waals surface area (Å²) in [7, 11) is 0. The molecule has 1 aromatic rings. The monoisotopic (exact) mass is 528 g/mol. The number of alkyl halides is 2. The number of amides is 1. The maximum Gasteiger partial charge on any atom is 0.387 e. The van der Waals surface area contributed by atoms with Gasteiger partial charge in [-0.15, -0.1) is 24.0 Å². The van der Waals surface area contributed by atoms with Crippen LogP contribution >= 0.6 is 24.0 Å². The van der Waals surface area contributed by atoms with Crippen molar-refractivity contribution in [3.05, 3.63) is 17.7 Å². The number of halogens is 3. The summed E-state index contributed by atoms with van der Waals surface area (Å²) in [5, 5.41) is 8.93. The Labute approximate surface area is 185 Å². The van der Waals surface area contributed by atoms with E-state index in [0.717, 1.165) is 0 Å². The molecule has 0 unspecified atom stereocenters. The summed E-state index contributed by atoms with van der Waals surface area (Å²) in [6.45, 7) is 4.22. The SMILES string of the molecule is CCNC(=NCc1cc2c(cc1OC(F)F)OCO2)NCCNC(=O)C(C)C.I. The third-order valence-electron chi connectivity index (χ3n) is 3.76. The molecule has 1 aliphatic rings. The Hall–Kier alpha value is -2.05. The van der Waals surface area contributed by atoms with Crippen molar-refractivity contribution >= 4 is 35.8 Å². The zero-order valence-corrected chi connectivity index (χ0v) is 18.9. The Morgan fingerprint density at radius 2 is 1.83 bits per heavy atom. The summed E-state index contributed by atoms with van der Waals surface area (Å²) in [5.74, 6) is 1.18. The third kappa shape index (κ3) is 8.07. The van der Waals surface area contributed by atoms with Gasteiger partial charge in [-0.3, -0.25) is 4.79 Å². The van der Waals surface area contributed by atoms with Crippen LogP contribution in [-0.2, 0) is 11.3 Å². The number of hydrogen-bond donors (Lipinski definition) is 3. The molecule has 0 atom stereocenters. The lowest BCUT2D eigenvalue weighted by molar-refractivity contribution is -0.123. The largest absolute Gasteiger partial charge is 0.454 e. The molecule has 0 radical (unpaired) electrons. The van der Waals surface area contributed by atoms with E-state index in [9.17, 15) is 13.6 Å². The van der Waals surface area contributed by atoms with Crippen LogP contribution < -0.4 is 30.2 Å². The fraction of sp³-hybridized carbons (Fsp3) is 0.556. The van der Waals surface area contributed by atoms with Crippen molar-refractivity contribution in [3.8, 4) is 17.2 Å². The number of fused-ring (bicyclic) bond motifs is 1. The number of rotatable bonds is 9. The topological polar surface area (TPSA) is 93.2 Å². The Morgan fingerprint density at radius 1 is 1.17 bits per heavy atom. The summed E-state index contributed by atoms with van der Waals surface area (Å²) in [6, 6.07) is 2.96. The van der Waals surface area contributed by atoms with Gasteiger partial charge in [-0.25, -0.2) is 4.99 Å². The predicted octanol–water partition coefficient (Wildman–Crippen LogP) is 2.46. The minimum atomic E-state index is -2.96. The summed E-state index contributed by atoms with van der Waals surface area (Å²) in [4.78, 5) is 15.9. The first-order valence-electron chi connectivity index (χ1n) is 9.08. The third-order valence-corrected chi connectivity index (χ3v) is 3.76. The highest BCUT2D eigenvalue weighted by Gasteiger charge is 2.20. The van der Waals surface area contributed by atoms with E-state index in [2.05, 4.69) is 25.7 Å². The highest BCUT2D eigenvalue weighted by Crippen LogP contribution is 2.38. The molecule has 29 heavy (non-hydrogen) atoms. The first-order chi connectivity index (χ1) is 13.4. The molecule has 8 nitrogen and oxygen atoms in total. The van der Waals surface area contributed by atoms with Gasteiger partial charge < -0.3 is 30.2 Å². The number of nitrogens with zero attached hydrogens (tertiary/aromatic N) is 1. The Kier molecular flexibility index (Phi) is 10.8. The van der Waals surface area contributed by atoms with Crippen molar-refractivity contribution in [1.82, 2.24) is 16.0 Å². The van der Waals surface area contributed by atoms with E-state index in [1.807, 2.05) is 20.8 Å². The van der Waals surface area contributed by atoms with Gasteiger partial charge in [0, 0.05) is 37.2 Å². The fourth-order valence-electron chi connectivity index (χ4n) is 2.37. The smallest absolute Gasteiger partial charge is 0.387 e. The van der Waals surface area contributed by atoms with Crippen LogP contribution in [-0.4, -0.2) is 44.9 Å². The molecular formula is C18H27F2IN4O4. The minimum absolute atomic E-state index is 0. The number of aliphatic imine (C=N–C) groups is 1. The zero-order chi connectivity index (χ0) is 20.5. The molecule has 0 spiro atoms. The lowest BCUT2D eigenvalue weighted by atomic mass is 10.1.